The van der Waals surface area contributed by atoms with Gasteiger partial charge in [0.05, 0.1) is 26.4 Å². The van der Waals surface area contributed by atoms with E-state index in [1.54, 1.807) is 14.2 Å². The van der Waals surface area contributed by atoms with Crippen molar-refractivity contribution in [3.8, 4) is 23.0 Å². The molecule has 10 heteroatoms. The molecule has 0 saturated carbocycles. The Kier molecular flexibility index (Phi) is 9.09. The van der Waals surface area contributed by atoms with Crippen LogP contribution in [0.4, 0.5) is 0 Å². The van der Waals surface area contributed by atoms with E-state index < -0.39 is 5.60 Å². The number of hydrogen-bond acceptors (Lipinski definition) is 10. The SMILES string of the molecule is COC1=CC(=O)OC(C)(CCc2ccc3c(c2)OCO3)C1.COC1=CC(=O)OC(CCc2ccc3c(c2)OCCO3)C1. The van der Waals surface area contributed by atoms with Gasteiger partial charge < -0.3 is 37.9 Å². The molecule has 0 fully saturated rings. The van der Waals surface area contributed by atoms with Gasteiger partial charge in [-0.15, -0.1) is 0 Å². The maximum Gasteiger partial charge on any atom is 0.334 e. The van der Waals surface area contributed by atoms with E-state index in [-0.39, 0.29) is 24.8 Å². The molecule has 0 amide bonds. The Morgan fingerprint density at radius 3 is 2.14 bits per heavy atom. The van der Waals surface area contributed by atoms with Crippen LogP contribution in [0.2, 0.25) is 0 Å². The zero-order chi connectivity index (χ0) is 29.5. The van der Waals surface area contributed by atoms with Gasteiger partial charge in [0.25, 0.3) is 0 Å². The molecule has 0 spiro atoms. The first-order valence-corrected chi connectivity index (χ1v) is 14.0. The number of carbonyl (C=O) groups is 2. The Balaban J connectivity index is 0.000000168. The summed E-state index contributed by atoms with van der Waals surface area (Å²) in [7, 11) is 3.14. The van der Waals surface area contributed by atoms with Crippen LogP contribution in [0.3, 0.4) is 0 Å². The Labute approximate surface area is 245 Å². The van der Waals surface area contributed by atoms with E-state index in [4.69, 9.17) is 37.9 Å². The lowest BCUT2D eigenvalue weighted by molar-refractivity contribution is -0.156. The van der Waals surface area contributed by atoms with Crippen LogP contribution in [0.1, 0.15) is 43.7 Å². The van der Waals surface area contributed by atoms with Crippen LogP contribution >= 0.6 is 0 Å². The van der Waals surface area contributed by atoms with Gasteiger partial charge in [0, 0.05) is 12.8 Å². The first kappa shape index (κ1) is 29.2. The van der Waals surface area contributed by atoms with E-state index in [0.29, 0.717) is 37.6 Å². The molecular weight excluding hydrogens is 544 g/mol. The maximum absolute atomic E-state index is 11.6. The first-order valence-electron chi connectivity index (χ1n) is 14.0. The third-order valence-electron chi connectivity index (χ3n) is 7.43. The minimum absolute atomic E-state index is 0.134. The number of esters is 2. The van der Waals surface area contributed by atoms with Gasteiger partial charge in [-0.05, 0) is 68.0 Å². The summed E-state index contributed by atoms with van der Waals surface area (Å²) in [5, 5.41) is 0. The zero-order valence-corrected chi connectivity index (χ0v) is 24.1. The number of aryl methyl sites for hydroxylation is 2. The van der Waals surface area contributed by atoms with Gasteiger partial charge in [0.15, 0.2) is 23.0 Å². The molecule has 224 valence electrons. The van der Waals surface area contributed by atoms with E-state index in [9.17, 15) is 9.59 Å². The molecule has 2 atom stereocenters. The summed E-state index contributed by atoms with van der Waals surface area (Å²) < 4.78 is 42.8. The van der Waals surface area contributed by atoms with Crippen molar-refractivity contribution in [1.82, 2.24) is 0 Å². The topological polar surface area (TPSA) is 108 Å². The van der Waals surface area contributed by atoms with Crippen molar-refractivity contribution in [3.05, 3.63) is 71.2 Å². The number of methoxy groups -OCH3 is 2. The van der Waals surface area contributed by atoms with E-state index in [2.05, 4.69) is 0 Å². The number of cyclic esters (lactones) is 2. The molecule has 0 aliphatic carbocycles. The van der Waals surface area contributed by atoms with Crippen molar-refractivity contribution in [1.29, 1.82) is 0 Å². The molecule has 2 aromatic carbocycles. The average Bonchev–Trinajstić information content (AvgIpc) is 3.47. The number of rotatable bonds is 8. The third-order valence-corrected chi connectivity index (χ3v) is 7.43. The lowest BCUT2D eigenvalue weighted by atomic mass is 9.91. The molecule has 0 saturated heterocycles. The molecule has 0 radical (unpaired) electrons. The second-order valence-corrected chi connectivity index (χ2v) is 10.6. The second kappa shape index (κ2) is 13.1. The summed E-state index contributed by atoms with van der Waals surface area (Å²) in [4.78, 5) is 23.0. The van der Waals surface area contributed by atoms with Crippen molar-refractivity contribution in [2.24, 2.45) is 0 Å². The fourth-order valence-corrected chi connectivity index (χ4v) is 5.16. The van der Waals surface area contributed by atoms with Crippen LogP contribution in [-0.2, 0) is 41.4 Å². The van der Waals surface area contributed by atoms with Crippen molar-refractivity contribution >= 4 is 11.9 Å². The highest BCUT2D eigenvalue weighted by atomic mass is 16.7. The van der Waals surface area contributed by atoms with Crippen molar-refractivity contribution in [2.45, 2.75) is 57.2 Å². The minimum Gasteiger partial charge on any atom is -0.501 e. The number of benzene rings is 2. The fraction of sp³-hybridized carbons (Fsp3) is 0.438. The molecular formula is C32H36O10. The monoisotopic (exact) mass is 580 g/mol. The van der Waals surface area contributed by atoms with Crippen LogP contribution in [0.25, 0.3) is 0 Å². The molecule has 0 aromatic heterocycles. The van der Waals surface area contributed by atoms with Gasteiger partial charge in [0.2, 0.25) is 6.79 Å². The lowest BCUT2D eigenvalue weighted by Gasteiger charge is -2.32. The normalized spacial score (nSPS) is 22.0. The molecule has 10 nitrogen and oxygen atoms in total. The minimum atomic E-state index is -0.534. The summed E-state index contributed by atoms with van der Waals surface area (Å²) >= 11 is 0. The largest absolute Gasteiger partial charge is 0.501 e. The van der Waals surface area contributed by atoms with Crippen molar-refractivity contribution < 1.29 is 47.5 Å². The molecule has 2 unspecified atom stereocenters. The van der Waals surface area contributed by atoms with Gasteiger partial charge in [-0.2, -0.15) is 0 Å². The highest BCUT2D eigenvalue weighted by Crippen LogP contribution is 2.35. The predicted octanol–water partition coefficient (Wildman–Crippen LogP) is 4.82. The molecule has 2 aromatic rings. The maximum atomic E-state index is 11.6. The molecule has 4 aliphatic heterocycles. The highest BCUT2D eigenvalue weighted by molar-refractivity contribution is 5.84. The summed E-state index contributed by atoms with van der Waals surface area (Å²) in [5.41, 5.74) is 1.74. The van der Waals surface area contributed by atoms with Gasteiger partial charge >= 0.3 is 11.9 Å². The average molecular weight is 581 g/mol. The number of ether oxygens (including phenoxy) is 8. The number of fused-ring (bicyclic) bond motifs is 2. The standard InChI is InChI=1S/2C16H18O5/c1-16(9-12(18-2)8-15(17)21-16)6-5-11-3-4-13-14(7-11)20-10-19-13;1-18-13-9-12(21-16(17)10-13)4-2-11-3-5-14-15(8-11)20-7-6-19-14/h3-4,7-8H,5-6,9-10H2,1-2H3;3,5,8,10,12H,2,4,6-7,9H2,1H3. The van der Waals surface area contributed by atoms with Gasteiger partial charge in [0.1, 0.15) is 36.4 Å². The lowest BCUT2D eigenvalue weighted by Crippen LogP contribution is -2.36. The van der Waals surface area contributed by atoms with Gasteiger partial charge in [-0.3, -0.25) is 0 Å². The van der Waals surface area contributed by atoms with Crippen molar-refractivity contribution in [2.75, 3.05) is 34.2 Å². The summed E-state index contributed by atoms with van der Waals surface area (Å²) in [5.74, 6) is 3.81. The summed E-state index contributed by atoms with van der Waals surface area (Å²) in [6.45, 7) is 3.38. The van der Waals surface area contributed by atoms with Crippen LogP contribution in [0, 0.1) is 0 Å². The van der Waals surface area contributed by atoms with E-state index in [1.807, 2.05) is 43.3 Å². The Hall–Kier alpha value is -4.34. The quantitative estimate of drug-likeness (QED) is 0.403. The van der Waals surface area contributed by atoms with E-state index in [1.165, 1.54) is 12.2 Å². The van der Waals surface area contributed by atoms with Crippen molar-refractivity contribution in [3.63, 3.8) is 0 Å². The van der Waals surface area contributed by atoms with E-state index in [0.717, 1.165) is 59.8 Å². The smallest absolute Gasteiger partial charge is 0.334 e. The Bertz CT molecular complexity index is 1360. The molecule has 0 N–H and O–H groups in total. The molecule has 4 heterocycles. The molecule has 0 bridgehead atoms. The van der Waals surface area contributed by atoms with Crippen LogP contribution in [-0.4, -0.2) is 57.9 Å². The summed E-state index contributed by atoms with van der Waals surface area (Å²) in [6, 6.07) is 11.8. The summed E-state index contributed by atoms with van der Waals surface area (Å²) in [6.07, 6.45) is 6.98. The Morgan fingerprint density at radius 1 is 0.786 bits per heavy atom. The van der Waals surface area contributed by atoms with E-state index >= 15 is 0 Å². The second-order valence-electron chi connectivity index (χ2n) is 10.6. The van der Waals surface area contributed by atoms with Crippen LogP contribution < -0.4 is 18.9 Å². The van der Waals surface area contributed by atoms with Crippen LogP contribution in [0.15, 0.2) is 60.1 Å². The number of hydrogen-bond donors (Lipinski definition) is 0. The van der Waals surface area contributed by atoms with Crippen LogP contribution in [0.5, 0.6) is 23.0 Å². The van der Waals surface area contributed by atoms with Gasteiger partial charge in [-0.1, -0.05) is 12.1 Å². The molecule has 42 heavy (non-hydrogen) atoms. The third kappa shape index (κ3) is 7.48. The zero-order valence-electron chi connectivity index (χ0n) is 24.1. The first-order chi connectivity index (χ1) is 20.3. The Morgan fingerprint density at radius 2 is 1.40 bits per heavy atom. The molecule has 6 rings (SSSR count). The number of carbonyl (C=O) groups excluding carboxylic acids is 2. The predicted molar refractivity (Wildman–Crippen MR) is 150 cm³/mol. The highest BCUT2D eigenvalue weighted by Gasteiger charge is 2.34. The fourth-order valence-electron chi connectivity index (χ4n) is 5.16. The van der Waals surface area contributed by atoms with Gasteiger partial charge in [-0.25, -0.2) is 9.59 Å². The molecule has 4 aliphatic rings.